The van der Waals surface area contributed by atoms with Crippen LogP contribution in [0.2, 0.25) is 0 Å². The number of nitrogens with zero attached hydrogens (tertiary/aromatic N) is 1. The van der Waals surface area contributed by atoms with Crippen molar-refractivity contribution in [2.75, 3.05) is 32.6 Å². The summed E-state index contributed by atoms with van der Waals surface area (Å²) >= 11 is 0. The van der Waals surface area contributed by atoms with Crippen LogP contribution in [-0.4, -0.2) is 33.7 Å². The second-order valence-corrected chi connectivity index (χ2v) is 4.30. The van der Waals surface area contributed by atoms with E-state index in [0.717, 1.165) is 11.3 Å². The number of rotatable bonds is 4. The molecule has 0 radical (unpaired) electrons. The van der Waals surface area contributed by atoms with Gasteiger partial charge in [0.25, 0.3) is 0 Å². The Bertz CT molecular complexity index is 402. The molecule has 1 atom stereocenters. The van der Waals surface area contributed by atoms with Crippen LogP contribution >= 0.6 is 0 Å². The van der Waals surface area contributed by atoms with Gasteiger partial charge in [-0.05, 0) is 36.2 Å². The number of hydrogen-bond acceptors (Lipinski definition) is 4. The van der Waals surface area contributed by atoms with Crippen LogP contribution < -0.4 is 10.6 Å². The first-order chi connectivity index (χ1) is 8.01. The van der Waals surface area contributed by atoms with Crippen molar-refractivity contribution in [3.63, 3.8) is 0 Å². The highest BCUT2D eigenvalue weighted by atomic mass is 16.5. The summed E-state index contributed by atoms with van der Waals surface area (Å²) in [6.45, 7) is 2.59. The lowest BCUT2D eigenvalue weighted by Gasteiger charge is -2.21. The molecular weight excluding hydrogens is 216 g/mol. The van der Waals surface area contributed by atoms with Gasteiger partial charge in [0.15, 0.2) is 0 Å². The third kappa shape index (κ3) is 2.97. The van der Waals surface area contributed by atoms with Crippen molar-refractivity contribution in [2.45, 2.75) is 12.8 Å². The number of carbonyl (C=O) groups is 1. The minimum atomic E-state index is -0.319. The van der Waals surface area contributed by atoms with Crippen LogP contribution in [0.3, 0.4) is 0 Å². The van der Waals surface area contributed by atoms with E-state index in [1.807, 2.05) is 38.1 Å². The highest BCUT2D eigenvalue weighted by Gasteiger charge is 2.14. The molecule has 1 rings (SSSR count). The highest BCUT2D eigenvalue weighted by Crippen LogP contribution is 2.27. The van der Waals surface area contributed by atoms with Gasteiger partial charge in [0.05, 0.1) is 12.7 Å². The molecule has 0 heterocycles. The molecule has 1 aromatic carbocycles. The molecule has 0 saturated heterocycles. The smallest absolute Gasteiger partial charge is 0.337 e. The molecule has 94 valence electrons. The predicted octanol–water partition coefficient (Wildman–Crippen LogP) is 1.60. The van der Waals surface area contributed by atoms with Crippen molar-refractivity contribution in [1.29, 1.82) is 0 Å². The standard InChI is InChI=1S/C13H20N2O2/c1-9(8-14)11-7-10(13(16)17-4)5-6-12(11)15(2)3/h5-7,9H,8,14H2,1-4H3. The number of methoxy groups -OCH3 is 1. The second-order valence-electron chi connectivity index (χ2n) is 4.30. The van der Waals surface area contributed by atoms with Gasteiger partial charge in [-0.25, -0.2) is 4.79 Å². The van der Waals surface area contributed by atoms with E-state index < -0.39 is 0 Å². The van der Waals surface area contributed by atoms with Gasteiger partial charge in [-0.3, -0.25) is 0 Å². The fourth-order valence-electron chi connectivity index (χ4n) is 1.73. The van der Waals surface area contributed by atoms with Gasteiger partial charge in [0.2, 0.25) is 0 Å². The van der Waals surface area contributed by atoms with E-state index >= 15 is 0 Å². The maximum atomic E-state index is 11.5. The Balaban J connectivity index is 3.23. The van der Waals surface area contributed by atoms with Gasteiger partial charge >= 0.3 is 5.97 Å². The molecule has 0 saturated carbocycles. The zero-order chi connectivity index (χ0) is 13.0. The van der Waals surface area contributed by atoms with Crippen molar-refractivity contribution < 1.29 is 9.53 Å². The topological polar surface area (TPSA) is 55.6 Å². The molecule has 4 nitrogen and oxygen atoms in total. The van der Waals surface area contributed by atoms with Crippen molar-refractivity contribution in [1.82, 2.24) is 0 Å². The molecule has 17 heavy (non-hydrogen) atoms. The van der Waals surface area contributed by atoms with Crippen molar-refractivity contribution in [2.24, 2.45) is 5.73 Å². The van der Waals surface area contributed by atoms with Gasteiger partial charge in [-0.1, -0.05) is 6.92 Å². The van der Waals surface area contributed by atoms with Gasteiger partial charge < -0.3 is 15.4 Å². The predicted molar refractivity (Wildman–Crippen MR) is 69.6 cm³/mol. The van der Waals surface area contributed by atoms with Crippen molar-refractivity contribution in [3.8, 4) is 0 Å². The Kier molecular flexibility index (Phi) is 4.52. The SMILES string of the molecule is COC(=O)c1ccc(N(C)C)c(C(C)CN)c1. The monoisotopic (exact) mass is 236 g/mol. The number of hydrogen-bond donors (Lipinski definition) is 1. The maximum Gasteiger partial charge on any atom is 0.337 e. The minimum Gasteiger partial charge on any atom is -0.465 e. The Morgan fingerprint density at radius 1 is 1.47 bits per heavy atom. The minimum absolute atomic E-state index is 0.206. The summed E-state index contributed by atoms with van der Waals surface area (Å²) in [4.78, 5) is 13.5. The van der Waals surface area contributed by atoms with Crippen molar-refractivity contribution >= 4 is 11.7 Å². The lowest BCUT2D eigenvalue weighted by Crippen LogP contribution is -2.17. The third-order valence-corrected chi connectivity index (χ3v) is 2.81. The Labute approximate surface area is 102 Å². The average Bonchev–Trinajstić information content (AvgIpc) is 2.35. The first-order valence-electron chi connectivity index (χ1n) is 5.61. The summed E-state index contributed by atoms with van der Waals surface area (Å²) in [6.07, 6.45) is 0. The molecule has 1 aromatic rings. The van der Waals surface area contributed by atoms with E-state index in [-0.39, 0.29) is 11.9 Å². The summed E-state index contributed by atoms with van der Waals surface area (Å²) < 4.78 is 4.72. The summed E-state index contributed by atoms with van der Waals surface area (Å²) in [7, 11) is 5.33. The lowest BCUT2D eigenvalue weighted by molar-refractivity contribution is 0.0600. The molecular formula is C13H20N2O2. The largest absolute Gasteiger partial charge is 0.465 e. The van der Waals surface area contributed by atoms with Crippen LogP contribution in [-0.2, 0) is 4.74 Å². The van der Waals surface area contributed by atoms with E-state index in [9.17, 15) is 4.79 Å². The molecule has 0 amide bonds. The highest BCUT2D eigenvalue weighted by molar-refractivity contribution is 5.90. The zero-order valence-corrected chi connectivity index (χ0v) is 10.9. The molecule has 2 N–H and O–H groups in total. The molecule has 0 aromatic heterocycles. The van der Waals surface area contributed by atoms with E-state index in [0.29, 0.717) is 12.1 Å². The van der Waals surface area contributed by atoms with Crippen molar-refractivity contribution in [3.05, 3.63) is 29.3 Å². The summed E-state index contributed by atoms with van der Waals surface area (Å²) in [6, 6.07) is 5.56. The second kappa shape index (κ2) is 5.68. The van der Waals surface area contributed by atoms with Crippen LogP contribution in [0.5, 0.6) is 0 Å². The summed E-state index contributed by atoms with van der Waals surface area (Å²) in [5, 5.41) is 0. The zero-order valence-electron chi connectivity index (χ0n) is 10.9. The van der Waals surface area contributed by atoms with Gasteiger partial charge in [-0.15, -0.1) is 0 Å². The fraction of sp³-hybridized carbons (Fsp3) is 0.462. The van der Waals surface area contributed by atoms with E-state index in [4.69, 9.17) is 10.5 Å². The lowest BCUT2D eigenvalue weighted by atomic mass is 9.96. The van der Waals surface area contributed by atoms with E-state index in [1.54, 1.807) is 6.07 Å². The molecule has 0 spiro atoms. The van der Waals surface area contributed by atoms with Gasteiger partial charge in [0.1, 0.15) is 0 Å². The molecule has 0 fully saturated rings. The number of nitrogens with two attached hydrogens (primary N) is 1. The Morgan fingerprint density at radius 3 is 2.59 bits per heavy atom. The molecule has 0 aliphatic rings. The summed E-state index contributed by atoms with van der Waals surface area (Å²) in [5.41, 5.74) is 8.41. The number of ether oxygens (including phenoxy) is 1. The quantitative estimate of drug-likeness (QED) is 0.807. The van der Waals surface area contributed by atoms with Crippen LogP contribution in [0.15, 0.2) is 18.2 Å². The fourth-order valence-corrected chi connectivity index (χ4v) is 1.73. The summed E-state index contributed by atoms with van der Waals surface area (Å²) in [5.74, 6) is -0.113. The number of esters is 1. The molecule has 4 heteroatoms. The van der Waals surface area contributed by atoms with Crippen LogP contribution in [0.4, 0.5) is 5.69 Å². The molecule has 1 unspecified atom stereocenters. The Morgan fingerprint density at radius 2 is 2.12 bits per heavy atom. The van der Waals surface area contributed by atoms with E-state index in [1.165, 1.54) is 7.11 Å². The van der Waals surface area contributed by atoms with Crippen LogP contribution in [0.25, 0.3) is 0 Å². The number of carbonyl (C=O) groups excluding carboxylic acids is 1. The van der Waals surface area contributed by atoms with Gasteiger partial charge in [0, 0.05) is 19.8 Å². The number of anilines is 1. The van der Waals surface area contributed by atoms with Crippen LogP contribution in [0.1, 0.15) is 28.8 Å². The van der Waals surface area contributed by atoms with Crippen LogP contribution in [0, 0.1) is 0 Å². The Hall–Kier alpha value is -1.55. The van der Waals surface area contributed by atoms with Gasteiger partial charge in [-0.2, -0.15) is 0 Å². The number of benzene rings is 1. The molecule has 0 bridgehead atoms. The average molecular weight is 236 g/mol. The van der Waals surface area contributed by atoms with E-state index in [2.05, 4.69) is 0 Å². The third-order valence-electron chi connectivity index (χ3n) is 2.81. The molecule has 0 aliphatic heterocycles. The first kappa shape index (κ1) is 13.5. The normalized spacial score (nSPS) is 12.1. The first-order valence-corrected chi connectivity index (χ1v) is 5.61. The molecule has 0 aliphatic carbocycles. The maximum absolute atomic E-state index is 11.5.